The van der Waals surface area contributed by atoms with Gasteiger partial charge >= 0.3 is 0 Å². The van der Waals surface area contributed by atoms with Gasteiger partial charge in [-0.25, -0.2) is 0 Å². The van der Waals surface area contributed by atoms with Crippen molar-refractivity contribution in [3.63, 3.8) is 0 Å². The van der Waals surface area contributed by atoms with Crippen LogP contribution < -0.4 is 0 Å². The van der Waals surface area contributed by atoms with Crippen LogP contribution in [0.4, 0.5) is 0 Å². The summed E-state index contributed by atoms with van der Waals surface area (Å²) < 4.78 is 10.5. The second-order valence-electron chi connectivity index (χ2n) is 4.08. The van der Waals surface area contributed by atoms with Crippen LogP contribution in [0.3, 0.4) is 0 Å². The summed E-state index contributed by atoms with van der Waals surface area (Å²) in [7, 11) is 0. The van der Waals surface area contributed by atoms with Crippen molar-refractivity contribution in [2.45, 2.75) is 50.9 Å². The van der Waals surface area contributed by atoms with Crippen LogP contribution in [-0.2, 0) is 9.47 Å². The topological polar surface area (TPSA) is 18.5 Å². The minimum atomic E-state index is -0.0234. The molecule has 0 spiro atoms. The molecule has 84 valence electrons. The first-order chi connectivity index (χ1) is 6.79. The van der Waals surface area contributed by atoms with E-state index < -0.39 is 0 Å². The zero-order chi connectivity index (χ0) is 10.2. The lowest BCUT2D eigenvalue weighted by atomic mass is 9.87. The summed E-state index contributed by atoms with van der Waals surface area (Å²) in [5, 5.41) is 0. The summed E-state index contributed by atoms with van der Waals surface area (Å²) in [6, 6.07) is 0. The van der Waals surface area contributed by atoms with Gasteiger partial charge in [0, 0.05) is 6.61 Å². The molecule has 2 nitrogen and oxygen atoms in total. The van der Waals surface area contributed by atoms with Crippen molar-refractivity contribution in [2.24, 2.45) is 5.92 Å². The van der Waals surface area contributed by atoms with Crippen molar-refractivity contribution in [3.05, 3.63) is 0 Å². The minimum absolute atomic E-state index is 0.0234. The van der Waals surface area contributed by atoms with E-state index in [9.17, 15) is 0 Å². The van der Waals surface area contributed by atoms with Gasteiger partial charge in [-0.3, -0.25) is 0 Å². The molecule has 1 aliphatic rings. The smallest absolute Gasteiger partial charge is 0.148 e. The highest BCUT2D eigenvalue weighted by Gasteiger charge is 2.12. The fourth-order valence-electron chi connectivity index (χ4n) is 1.93. The van der Waals surface area contributed by atoms with E-state index in [4.69, 9.17) is 9.47 Å². The molecule has 0 aromatic heterocycles. The molecule has 0 aliphatic heterocycles. The highest BCUT2D eigenvalue weighted by molar-refractivity contribution is 7.80. The molecular weight excluding hydrogens is 196 g/mol. The normalized spacial score (nSPS) is 21.0. The molecule has 1 fully saturated rings. The van der Waals surface area contributed by atoms with E-state index in [1.54, 1.807) is 0 Å². The molecule has 3 heteroatoms. The quantitative estimate of drug-likeness (QED) is 0.419. The first-order valence-electron chi connectivity index (χ1n) is 5.66. The highest BCUT2D eigenvalue weighted by Crippen LogP contribution is 2.25. The van der Waals surface area contributed by atoms with Gasteiger partial charge in [0.25, 0.3) is 0 Å². The molecule has 0 radical (unpaired) electrons. The number of rotatable bonds is 6. The average molecular weight is 218 g/mol. The maximum Gasteiger partial charge on any atom is 0.148 e. The summed E-state index contributed by atoms with van der Waals surface area (Å²) >= 11 is 4.10. The molecule has 0 bridgehead atoms. The SMILES string of the molecule is CC(S)OCOCCC1CCCCC1. The Bertz CT molecular complexity index is 133. The van der Waals surface area contributed by atoms with Gasteiger partial charge in [0.15, 0.2) is 0 Å². The molecule has 1 aliphatic carbocycles. The van der Waals surface area contributed by atoms with Crippen molar-refractivity contribution in [1.82, 2.24) is 0 Å². The van der Waals surface area contributed by atoms with Crippen LogP contribution in [0.25, 0.3) is 0 Å². The molecule has 14 heavy (non-hydrogen) atoms. The van der Waals surface area contributed by atoms with E-state index in [0.717, 1.165) is 12.5 Å². The van der Waals surface area contributed by atoms with Gasteiger partial charge in [0.05, 0.1) is 5.44 Å². The summed E-state index contributed by atoms with van der Waals surface area (Å²) in [5.41, 5.74) is -0.0234. The van der Waals surface area contributed by atoms with Crippen LogP contribution in [0.1, 0.15) is 45.4 Å². The van der Waals surface area contributed by atoms with Gasteiger partial charge in [0.2, 0.25) is 0 Å². The van der Waals surface area contributed by atoms with E-state index in [0.29, 0.717) is 6.79 Å². The number of hydrogen-bond donors (Lipinski definition) is 1. The van der Waals surface area contributed by atoms with E-state index in [1.807, 2.05) is 6.92 Å². The third-order valence-electron chi connectivity index (χ3n) is 2.79. The summed E-state index contributed by atoms with van der Waals surface area (Å²) in [4.78, 5) is 0. The highest BCUT2D eigenvalue weighted by atomic mass is 32.1. The lowest BCUT2D eigenvalue weighted by molar-refractivity contribution is -0.0624. The molecule has 0 amide bonds. The number of hydrogen-bond acceptors (Lipinski definition) is 3. The molecule has 0 heterocycles. The number of thiol groups is 1. The van der Waals surface area contributed by atoms with Crippen LogP contribution in [0.15, 0.2) is 0 Å². The van der Waals surface area contributed by atoms with Crippen molar-refractivity contribution < 1.29 is 9.47 Å². The fourth-order valence-corrected chi connectivity index (χ4v) is 1.99. The van der Waals surface area contributed by atoms with Gasteiger partial charge in [-0.15, -0.1) is 12.6 Å². The molecule has 0 aromatic carbocycles. The Hall–Kier alpha value is 0.270. The van der Waals surface area contributed by atoms with E-state index >= 15 is 0 Å². The first kappa shape index (κ1) is 12.3. The summed E-state index contributed by atoms with van der Waals surface area (Å²) in [5.74, 6) is 0.900. The number of ether oxygens (including phenoxy) is 2. The molecule has 1 saturated carbocycles. The molecule has 0 N–H and O–H groups in total. The average Bonchev–Trinajstić information content (AvgIpc) is 2.18. The van der Waals surface area contributed by atoms with Crippen molar-refractivity contribution in [1.29, 1.82) is 0 Å². The van der Waals surface area contributed by atoms with Crippen LogP contribution in [-0.4, -0.2) is 18.8 Å². The fraction of sp³-hybridized carbons (Fsp3) is 1.00. The summed E-state index contributed by atoms with van der Waals surface area (Å²) in [6.45, 7) is 3.12. The maximum atomic E-state index is 5.38. The van der Waals surface area contributed by atoms with Crippen molar-refractivity contribution in [3.8, 4) is 0 Å². The summed E-state index contributed by atoms with van der Waals surface area (Å²) in [6.07, 6.45) is 8.24. The zero-order valence-corrected chi connectivity index (χ0v) is 9.97. The predicted molar refractivity (Wildman–Crippen MR) is 61.5 cm³/mol. The Labute approximate surface area is 92.8 Å². The second kappa shape index (κ2) is 7.55. The van der Waals surface area contributed by atoms with Crippen molar-refractivity contribution >= 4 is 12.6 Å². The molecular formula is C11H22O2S. The third kappa shape index (κ3) is 5.89. The molecule has 1 atom stereocenters. The van der Waals surface area contributed by atoms with Gasteiger partial charge in [-0.1, -0.05) is 32.1 Å². The molecule has 1 unspecified atom stereocenters. The standard InChI is InChI=1S/C11H22O2S/c1-10(14)13-9-12-8-7-11-5-3-2-4-6-11/h10-11,14H,2-9H2,1H3. The Morgan fingerprint density at radius 1 is 1.29 bits per heavy atom. The monoisotopic (exact) mass is 218 g/mol. The third-order valence-corrected chi connectivity index (χ3v) is 2.94. The Balaban J connectivity index is 1.87. The van der Waals surface area contributed by atoms with E-state index in [2.05, 4.69) is 12.6 Å². The van der Waals surface area contributed by atoms with Crippen molar-refractivity contribution in [2.75, 3.05) is 13.4 Å². The predicted octanol–water partition coefficient (Wildman–Crippen LogP) is 3.22. The molecule has 0 aromatic rings. The largest absolute Gasteiger partial charge is 0.355 e. The van der Waals surface area contributed by atoms with E-state index in [1.165, 1.54) is 38.5 Å². The van der Waals surface area contributed by atoms with Gasteiger partial charge in [-0.2, -0.15) is 0 Å². The van der Waals surface area contributed by atoms with Gasteiger partial charge < -0.3 is 9.47 Å². The maximum absolute atomic E-state index is 5.38. The molecule has 0 saturated heterocycles. The van der Waals surface area contributed by atoms with E-state index in [-0.39, 0.29) is 5.44 Å². The lowest BCUT2D eigenvalue weighted by Crippen LogP contribution is -2.11. The second-order valence-corrected chi connectivity index (χ2v) is 4.81. The zero-order valence-electron chi connectivity index (χ0n) is 9.08. The minimum Gasteiger partial charge on any atom is -0.355 e. The van der Waals surface area contributed by atoms with Crippen LogP contribution in [0.5, 0.6) is 0 Å². The lowest BCUT2D eigenvalue weighted by Gasteiger charge is -2.21. The molecule has 1 rings (SSSR count). The van der Waals surface area contributed by atoms with Crippen LogP contribution in [0, 0.1) is 5.92 Å². The van der Waals surface area contributed by atoms with Gasteiger partial charge in [0.1, 0.15) is 6.79 Å². The Morgan fingerprint density at radius 3 is 2.64 bits per heavy atom. The van der Waals surface area contributed by atoms with Crippen LogP contribution >= 0.6 is 12.6 Å². The Kier molecular flexibility index (Phi) is 6.65. The first-order valence-corrected chi connectivity index (χ1v) is 6.18. The Morgan fingerprint density at radius 2 is 2.00 bits per heavy atom. The van der Waals surface area contributed by atoms with Crippen LogP contribution in [0.2, 0.25) is 0 Å². The van der Waals surface area contributed by atoms with Gasteiger partial charge in [-0.05, 0) is 19.3 Å².